The molecule has 18 heteroatoms. The van der Waals surface area contributed by atoms with Crippen LogP contribution in [0.4, 0.5) is 0 Å². The Morgan fingerprint density at radius 1 is 0.672 bits per heavy atom. The number of nitrogens with one attached hydrogen (secondary N) is 2. The third kappa shape index (κ3) is 12.7. The molecule has 2 aliphatic rings. The fraction of sp³-hybridized carbons (Fsp3) is 0.535. The molecule has 4 unspecified atom stereocenters. The quantitative estimate of drug-likeness (QED) is 0.0676. The zero-order valence-corrected chi connectivity index (χ0v) is 36.1. The SMILES string of the molecule is Cc1cn(-c2ccc(Cl)c(C(=O)NC(O)C3CCCCCC3)c2)c(=O)n1CC(O)CN.NCC(O)Cn1ccn(-c2ccc(Cl)c(C(=O)NC(O)C3CCCCCC3)c2)c1=O. The van der Waals surface area contributed by atoms with Gasteiger partial charge in [0.25, 0.3) is 11.8 Å². The van der Waals surface area contributed by atoms with Gasteiger partial charge < -0.3 is 42.5 Å². The van der Waals surface area contributed by atoms with E-state index in [1.807, 2.05) is 0 Å². The molecule has 2 heterocycles. The molecule has 2 aliphatic carbocycles. The van der Waals surface area contributed by atoms with Crippen LogP contribution in [0.1, 0.15) is 103 Å². The molecule has 2 saturated carbocycles. The summed E-state index contributed by atoms with van der Waals surface area (Å²) in [6.07, 6.45) is 13.5. The van der Waals surface area contributed by atoms with Crippen LogP contribution in [0.5, 0.6) is 0 Å². The molecule has 2 aromatic heterocycles. The number of halogens is 2. The number of hydrogen-bond acceptors (Lipinski definition) is 10. The minimum atomic E-state index is -0.936. The number of imidazole rings is 2. The maximum atomic E-state index is 12.8. The number of rotatable bonds is 14. The van der Waals surface area contributed by atoms with E-state index < -0.39 is 36.5 Å². The number of aryl methyl sites for hydroxylation is 1. The monoisotopic (exact) mass is 886 g/mol. The Bertz CT molecular complexity index is 2190. The summed E-state index contributed by atoms with van der Waals surface area (Å²) in [6.45, 7) is 2.02. The van der Waals surface area contributed by atoms with E-state index in [1.54, 1.807) is 49.8 Å². The molecule has 2 aromatic carbocycles. The van der Waals surface area contributed by atoms with Crippen molar-refractivity contribution in [1.82, 2.24) is 28.9 Å². The summed E-state index contributed by atoms with van der Waals surface area (Å²) < 4.78 is 5.54. The van der Waals surface area contributed by atoms with E-state index >= 15 is 0 Å². The lowest BCUT2D eigenvalue weighted by molar-refractivity contribution is 0.0522. The third-order valence-electron chi connectivity index (χ3n) is 11.6. The van der Waals surface area contributed by atoms with E-state index in [0.29, 0.717) is 17.1 Å². The van der Waals surface area contributed by atoms with Crippen LogP contribution in [0, 0.1) is 18.8 Å². The second-order valence-electron chi connectivity index (χ2n) is 16.1. The minimum absolute atomic E-state index is 0.0293. The van der Waals surface area contributed by atoms with E-state index in [-0.39, 0.29) is 70.6 Å². The lowest BCUT2D eigenvalue weighted by Gasteiger charge is -2.22. The van der Waals surface area contributed by atoms with Gasteiger partial charge in [-0.1, -0.05) is 74.6 Å². The smallest absolute Gasteiger partial charge is 0.333 e. The molecule has 10 N–H and O–H groups in total. The molecule has 0 saturated heterocycles. The van der Waals surface area contributed by atoms with Gasteiger partial charge >= 0.3 is 11.4 Å². The molecule has 2 fully saturated rings. The normalized spacial score (nSPS) is 17.3. The largest absolute Gasteiger partial charge is 0.390 e. The Morgan fingerprint density at radius 3 is 1.57 bits per heavy atom. The Labute approximate surface area is 365 Å². The van der Waals surface area contributed by atoms with E-state index in [4.69, 9.17) is 34.7 Å². The number of nitrogens with two attached hydrogens (primary N) is 2. The fourth-order valence-corrected chi connectivity index (χ4v) is 8.33. The van der Waals surface area contributed by atoms with Gasteiger partial charge in [0, 0.05) is 49.2 Å². The molecular weight excluding hydrogens is 827 g/mol. The summed E-state index contributed by atoms with van der Waals surface area (Å²) in [6, 6.07) is 9.42. The van der Waals surface area contributed by atoms with Crippen LogP contribution < -0.4 is 33.5 Å². The first-order chi connectivity index (χ1) is 29.2. The fourth-order valence-electron chi connectivity index (χ4n) is 7.92. The minimum Gasteiger partial charge on any atom is -0.390 e. The highest BCUT2D eigenvalue weighted by Crippen LogP contribution is 2.27. The Hall–Kier alpha value is -4.26. The van der Waals surface area contributed by atoms with Gasteiger partial charge in [-0.2, -0.15) is 0 Å². The summed E-state index contributed by atoms with van der Waals surface area (Å²) in [4.78, 5) is 51.0. The van der Waals surface area contributed by atoms with Gasteiger partial charge in [-0.25, -0.2) is 9.59 Å². The van der Waals surface area contributed by atoms with Crippen LogP contribution in [0.15, 0.2) is 64.6 Å². The Kier molecular flexibility index (Phi) is 17.8. The van der Waals surface area contributed by atoms with Gasteiger partial charge in [0.1, 0.15) is 12.5 Å². The predicted molar refractivity (Wildman–Crippen MR) is 234 cm³/mol. The number of aliphatic hydroxyl groups is 4. The number of hydrogen-bond donors (Lipinski definition) is 8. The Morgan fingerprint density at radius 2 is 1.11 bits per heavy atom. The molecule has 0 aliphatic heterocycles. The van der Waals surface area contributed by atoms with Gasteiger partial charge in [0.05, 0.1) is 57.8 Å². The van der Waals surface area contributed by atoms with Crippen LogP contribution >= 0.6 is 23.2 Å². The van der Waals surface area contributed by atoms with Crippen molar-refractivity contribution in [2.45, 2.75) is 122 Å². The lowest BCUT2D eigenvalue weighted by atomic mass is 9.98. The molecule has 4 atom stereocenters. The molecule has 6 rings (SSSR count). The van der Waals surface area contributed by atoms with Crippen molar-refractivity contribution in [1.29, 1.82) is 0 Å². The molecule has 2 amide bonds. The van der Waals surface area contributed by atoms with Gasteiger partial charge in [0.2, 0.25) is 0 Å². The average Bonchev–Trinajstić information content (AvgIpc) is 3.49. The molecular formula is C43H60Cl2N8O8. The summed E-state index contributed by atoms with van der Waals surface area (Å²) in [7, 11) is 0. The van der Waals surface area contributed by atoms with E-state index in [0.717, 1.165) is 77.0 Å². The zero-order valence-electron chi connectivity index (χ0n) is 34.6. The molecule has 0 bridgehead atoms. The van der Waals surface area contributed by atoms with Crippen molar-refractivity contribution in [2.24, 2.45) is 23.3 Å². The van der Waals surface area contributed by atoms with Crippen LogP contribution in [0.2, 0.25) is 10.0 Å². The third-order valence-corrected chi connectivity index (χ3v) is 12.2. The highest BCUT2D eigenvalue weighted by molar-refractivity contribution is 6.34. The number of benzene rings is 2. The van der Waals surface area contributed by atoms with Gasteiger partial charge in [-0.05, 0) is 69.0 Å². The maximum Gasteiger partial charge on any atom is 0.333 e. The molecule has 334 valence electrons. The van der Waals surface area contributed by atoms with Gasteiger partial charge in [0.15, 0.2) is 0 Å². The van der Waals surface area contributed by atoms with E-state index in [9.17, 15) is 39.6 Å². The maximum absolute atomic E-state index is 12.8. The van der Waals surface area contributed by atoms with Crippen LogP contribution in [0.3, 0.4) is 0 Å². The second kappa shape index (κ2) is 22.7. The molecule has 4 aromatic rings. The highest BCUT2D eigenvalue weighted by atomic mass is 35.5. The van der Waals surface area contributed by atoms with E-state index in [2.05, 4.69) is 10.6 Å². The second-order valence-corrected chi connectivity index (χ2v) is 16.9. The van der Waals surface area contributed by atoms with Gasteiger partial charge in [-0.15, -0.1) is 0 Å². The summed E-state index contributed by atoms with van der Waals surface area (Å²) in [5.41, 5.74) is 12.1. The molecule has 16 nitrogen and oxygen atoms in total. The molecule has 0 spiro atoms. The van der Waals surface area contributed by atoms with Gasteiger partial charge in [-0.3, -0.25) is 27.9 Å². The average molecular weight is 888 g/mol. The number of aliphatic hydroxyl groups excluding tert-OH is 4. The molecule has 61 heavy (non-hydrogen) atoms. The first-order valence-electron chi connectivity index (χ1n) is 21.1. The lowest BCUT2D eigenvalue weighted by Crippen LogP contribution is -2.40. The molecule has 0 radical (unpaired) electrons. The van der Waals surface area contributed by atoms with Crippen molar-refractivity contribution in [3.8, 4) is 11.4 Å². The number of amides is 2. The first kappa shape index (κ1) is 47.8. The Balaban J connectivity index is 0.000000231. The predicted octanol–water partition coefficient (Wildman–Crippen LogP) is 3.57. The van der Waals surface area contributed by atoms with Crippen LogP contribution in [0.25, 0.3) is 11.4 Å². The number of aromatic nitrogens is 4. The van der Waals surface area contributed by atoms with Crippen molar-refractivity contribution in [3.05, 3.63) is 103 Å². The van der Waals surface area contributed by atoms with Crippen molar-refractivity contribution >= 4 is 35.0 Å². The number of carbonyl (C=O) groups is 2. The zero-order chi connectivity index (χ0) is 44.2. The first-order valence-corrected chi connectivity index (χ1v) is 21.9. The summed E-state index contributed by atoms with van der Waals surface area (Å²) >= 11 is 12.5. The standard InChI is InChI=1S/C22H31ClN4O4.C21H29ClN4O4/c1-14-12-27(22(31)26(14)13-17(28)11-24)16-8-9-19(23)18(10-16)21(30)25-20(29)15-6-4-2-3-5-7-15;22-18-8-7-15(26-10-9-25(21(26)30)13-16(27)12-23)11-17(18)20(29)24-19(28)14-5-3-1-2-4-6-14/h8-10,12,15,17,20,28-29H,2-7,11,13,24H2,1H3,(H,25,30);7-11,14,16,19,27-28H,1-6,12-13,23H2,(H,24,29). The van der Waals surface area contributed by atoms with E-state index in [1.165, 1.54) is 30.4 Å². The number of carbonyl (C=O) groups excluding carboxylic acids is 2. The van der Waals surface area contributed by atoms with Crippen molar-refractivity contribution < 1.29 is 30.0 Å². The van der Waals surface area contributed by atoms with Crippen molar-refractivity contribution in [3.63, 3.8) is 0 Å². The highest BCUT2D eigenvalue weighted by Gasteiger charge is 2.26. The van der Waals surface area contributed by atoms with Crippen molar-refractivity contribution in [2.75, 3.05) is 13.1 Å². The summed E-state index contributed by atoms with van der Waals surface area (Å²) in [5.74, 6) is -0.901. The number of nitrogens with zero attached hydrogens (tertiary/aromatic N) is 4. The summed E-state index contributed by atoms with van der Waals surface area (Å²) in [5, 5.41) is 46.3. The van der Waals surface area contributed by atoms with Crippen LogP contribution in [-0.4, -0.2) is 88.3 Å². The topological polar surface area (TPSA) is 245 Å². The van der Waals surface area contributed by atoms with Crippen LogP contribution in [-0.2, 0) is 13.1 Å².